The van der Waals surface area contributed by atoms with Gasteiger partial charge in [0, 0.05) is 17.9 Å². The number of alkyl halides is 1. The predicted octanol–water partition coefficient (Wildman–Crippen LogP) is 2.72. The van der Waals surface area contributed by atoms with Crippen molar-refractivity contribution in [3.8, 4) is 12.3 Å². The highest BCUT2D eigenvalue weighted by atomic mass is 33.1. The molecule has 0 bridgehead atoms. The van der Waals surface area contributed by atoms with Crippen molar-refractivity contribution in [1.82, 2.24) is 10.9 Å². The van der Waals surface area contributed by atoms with E-state index >= 15 is 0 Å². The lowest BCUT2D eigenvalue weighted by Gasteiger charge is -2.14. The van der Waals surface area contributed by atoms with Crippen molar-refractivity contribution in [3.63, 3.8) is 0 Å². The Hall–Kier alpha value is 0.110. The molecule has 2 N–H and O–H groups in total. The third-order valence-electron chi connectivity index (χ3n) is 2.53. The SMILES string of the molecule is C#CCC(F)C1(CCCCSSCC)NN1. The first-order valence-electron chi connectivity index (χ1n) is 5.61. The summed E-state index contributed by atoms with van der Waals surface area (Å²) in [5.41, 5.74) is 5.29. The van der Waals surface area contributed by atoms with Crippen LogP contribution in [0, 0.1) is 12.3 Å². The van der Waals surface area contributed by atoms with Crippen LogP contribution >= 0.6 is 21.6 Å². The van der Waals surface area contributed by atoms with E-state index in [1.54, 1.807) is 0 Å². The summed E-state index contributed by atoms with van der Waals surface area (Å²) in [5, 5.41) is 0. The Morgan fingerprint density at radius 1 is 1.38 bits per heavy atom. The molecule has 1 heterocycles. The van der Waals surface area contributed by atoms with Crippen LogP contribution in [0.4, 0.5) is 4.39 Å². The molecule has 1 saturated heterocycles. The molecule has 1 unspecified atom stereocenters. The van der Waals surface area contributed by atoms with Gasteiger partial charge >= 0.3 is 0 Å². The number of halogens is 1. The van der Waals surface area contributed by atoms with Crippen LogP contribution in [0.3, 0.4) is 0 Å². The van der Waals surface area contributed by atoms with Crippen LogP contribution in [-0.2, 0) is 0 Å². The number of hydrazine groups is 1. The third-order valence-corrected chi connectivity index (χ3v) is 5.09. The van der Waals surface area contributed by atoms with Gasteiger partial charge < -0.3 is 0 Å². The second-order valence-electron chi connectivity index (χ2n) is 3.78. The van der Waals surface area contributed by atoms with E-state index in [2.05, 4.69) is 23.7 Å². The van der Waals surface area contributed by atoms with Crippen molar-refractivity contribution in [2.75, 3.05) is 11.5 Å². The van der Waals surface area contributed by atoms with E-state index in [9.17, 15) is 4.39 Å². The van der Waals surface area contributed by atoms with Crippen LogP contribution in [0.25, 0.3) is 0 Å². The van der Waals surface area contributed by atoms with Gasteiger partial charge in [-0.3, -0.25) is 0 Å². The van der Waals surface area contributed by atoms with Crippen molar-refractivity contribution in [2.45, 2.75) is 44.4 Å². The highest BCUT2D eigenvalue weighted by Gasteiger charge is 2.48. The monoisotopic (exact) mass is 262 g/mol. The zero-order valence-electron chi connectivity index (χ0n) is 9.59. The van der Waals surface area contributed by atoms with E-state index in [1.165, 1.54) is 0 Å². The van der Waals surface area contributed by atoms with Crippen LogP contribution < -0.4 is 10.9 Å². The largest absolute Gasteiger partial charge is 0.243 e. The van der Waals surface area contributed by atoms with Crippen LogP contribution in [0.5, 0.6) is 0 Å². The summed E-state index contributed by atoms with van der Waals surface area (Å²) in [7, 11) is 3.77. The van der Waals surface area contributed by atoms with Gasteiger partial charge in [0.05, 0.1) is 0 Å². The van der Waals surface area contributed by atoms with Crippen molar-refractivity contribution in [3.05, 3.63) is 0 Å². The highest BCUT2D eigenvalue weighted by Crippen LogP contribution is 2.28. The van der Waals surface area contributed by atoms with E-state index in [0.717, 1.165) is 30.8 Å². The van der Waals surface area contributed by atoms with Crippen molar-refractivity contribution < 1.29 is 4.39 Å². The maximum Gasteiger partial charge on any atom is 0.144 e. The summed E-state index contributed by atoms with van der Waals surface area (Å²) in [5.74, 6) is 4.65. The van der Waals surface area contributed by atoms with Gasteiger partial charge in [-0.15, -0.1) is 12.3 Å². The summed E-state index contributed by atoms with van der Waals surface area (Å²) in [6, 6.07) is 0. The molecular formula is C11H19FN2S2. The minimum absolute atomic E-state index is 0.181. The van der Waals surface area contributed by atoms with Gasteiger partial charge in [-0.25, -0.2) is 15.2 Å². The third kappa shape index (κ3) is 4.54. The molecule has 0 amide bonds. The van der Waals surface area contributed by atoms with Gasteiger partial charge in [-0.1, -0.05) is 28.5 Å². The van der Waals surface area contributed by atoms with Crippen molar-refractivity contribution in [2.24, 2.45) is 0 Å². The summed E-state index contributed by atoms with van der Waals surface area (Å²) in [6.07, 6.45) is 7.29. The highest BCUT2D eigenvalue weighted by molar-refractivity contribution is 8.76. The molecule has 1 aliphatic heterocycles. The molecule has 0 aliphatic carbocycles. The number of unbranched alkanes of at least 4 members (excludes halogenated alkanes) is 1. The zero-order chi connectivity index (χ0) is 11.9. The second kappa shape index (κ2) is 7.44. The molecule has 92 valence electrons. The van der Waals surface area contributed by atoms with Gasteiger partial charge in [0.25, 0.3) is 0 Å². The minimum Gasteiger partial charge on any atom is -0.243 e. The van der Waals surface area contributed by atoms with E-state index in [4.69, 9.17) is 6.42 Å². The number of hydrogen-bond acceptors (Lipinski definition) is 4. The quantitative estimate of drug-likeness (QED) is 0.290. The summed E-state index contributed by atoms with van der Waals surface area (Å²) < 4.78 is 13.6. The second-order valence-corrected chi connectivity index (χ2v) is 6.65. The Morgan fingerprint density at radius 2 is 2.12 bits per heavy atom. The van der Waals surface area contributed by atoms with Crippen LogP contribution in [0.15, 0.2) is 0 Å². The van der Waals surface area contributed by atoms with E-state index in [-0.39, 0.29) is 6.42 Å². The number of nitrogens with one attached hydrogen (secondary N) is 2. The standard InChI is InChI=1S/C11H19FN2S2/c1-3-7-10(12)11(13-14-11)8-5-6-9-16-15-4-2/h1,10,13-14H,4-9H2,2H3. The van der Waals surface area contributed by atoms with Gasteiger partial charge in [-0.2, -0.15) is 0 Å². The molecule has 1 fully saturated rings. The van der Waals surface area contributed by atoms with Gasteiger partial charge in [0.2, 0.25) is 0 Å². The Bertz CT molecular complexity index is 239. The maximum atomic E-state index is 13.6. The molecule has 0 saturated carbocycles. The number of hydrogen-bond donors (Lipinski definition) is 2. The molecule has 2 nitrogen and oxygen atoms in total. The Labute approximate surface area is 105 Å². The molecule has 5 heteroatoms. The molecule has 0 aromatic carbocycles. The lowest BCUT2D eigenvalue weighted by molar-refractivity contribution is 0.244. The lowest BCUT2D eigenvalue weighted by atomic mass is 10.0. The van der Waals surface area contributed by atoms with Crippen molar-refractivity contribution >= 4 is 21.6 Å². The average Bonchev–Trinajstić information content (AvgIpc) is 3.05. The molecule has 0 aromatic heterocycles. The van der Waals surface area contributed by atoms with Crippen molar-refractivity contribution in [1.29, 1.82) is 0 Å². The normalized spacial score (nSPS) is 19.1. The zero-order valence-corrected chi connectivity index (χ0v) is 11.2. The molecular weight excluding hydrogens is 243 g/mol. The van der Waals surface area contributed by atoms with Gasteiger partial charge in [0.1, 0.15) is 11.8 Å². The maximum absolute atomic E-state index is 13.6. The fourth-order valence-corrected chi connectivity index (χ4v) is 3.32. The Kier molecular flexibility index (Phi) is 6.59. The fraction of sp³-hybridized carbons (Fsp3) is 0.818. The van der Waals surface area contributed by atoms with E-state index < -0.39 is 11.8 Å². The molecule has 16 heavy (non-hydrogen) atoms. The minimum atomic E-state index is -0.977. The molecule has 1 rings (SSSR count). The molecule has 0 radical (unpaired) electrons. The van der Waals surface area contributed by atoms with Crippen LogP contribution in [0.2, 0.25) is 0 Å². The van der Waals surface area contributed by atoms with Crippen LogP contribution in [-0.4, -0.2) is 23.3 Å². The summed E-state index contributed by atoms with van der Waals surface area (Å²) >= 11 is 0. The summed E-state index contributed by atoms with van der Waals surface area (Å²) in [4.78, 5) is 0. The first kappa shape index (κ1) is 14.2. The number of terminal acetylenes is 1. The molecule has 1 atom stereocenters. The predicted molar refractivity (Wildman–Crippen MR) is 71.8 cm³/mol. The summed E-state index contributed by atoms with van der Waals surface area (Å²) in [6.45, 7) is 2.15. The van der Waals surface area contributed by atoms with Gasteiger partial charge in [0.15, 0.2) is 0 Å². The Morgan fingerprint density at radius 3 is 2.69 bits per heavy atom. The first-order chi connectivity index (χ1) is 7.75. The van der Waals surface area contributed by atoms with E-state index in [0.29, 0.717) is 0 Å². The fourth-order valence-electron chi connectivity index (χ4n) is 1.50. The average molecular weight is 262 g/mol. The molecule has 0 aromatic rings. The Balaban J connectivity index is 2.06. The molecule has 1 aliphatic rings. The van der Waals surface area contributed by atoms with E-state index in [1.807, 2.05) is 21.6 Å². The number of rotatable bonds is 9. The smallest absolute Gasteiger partial charge is 0.144 e. The molecule has 0 spiro atoms. The van der Waals surface area contributed by atoms with Gasteiger partial charge in [-0.05, 0) is 19.3 Å². The first-order valence-corrected chi connectivity index (χ1v) is 8.10. The lowest BCUT2D eigenvalue weighted by Crippen LogP contribution is -2.31. The topological polar surface area (TPSA) is 43.9 Å². The van der Waals surface area contributed by atoms with Crippen LogP contribution in [0.1, 0.15) is 32.6 Å².